The zero-order valence-electron chi connectivity index (χ0n) is 19.0. The first-order valence-corrected chi connectivity index (χ1v) is 13.0. The molecule has 0 saturated carbocycles. The fourth-order valence-electron chi connectivity index (χ4n) is 4.23. The number of sulfonamides is 1. The molecule has 174 valence electrons. The zero-order chi connectivity index (χ0) is 23.3. The predicted molar refractivity (Wildman–Crippen MR) is 133 cm³/mol. The molecule has 3 aromatic rings. The summed E-state index contributed by atoms with van der Waals surface area (Å²) < 4.78 is 27.8. The molecule has 0 spiro atoms. The van der Waals surface area contributed by atoms with Crippen molar-refractivity contribution in [2.75, 3.05) is 31.6 Å². The number of hydrogen-bond donors (Lipinski definition) is 1. The van der Waals surface area contributed by atoms with E-state index in [-0.39, 0.29) is 23.8 Å². The van der Waals surface area contributed by atoms with Crippen LogP contribution in [0.15, 0.2) is 71.6 Å². The van der Waals surface area contributed by atoms with Crippen molar-refractivity contribution >= 4 is 32.4 Å². The molecule has 1 saturated heterocycles. The molecule has 4 rings (SSSR count). The number of hydrogen-bond acceptors (Lipinski definition) is 4. The number of benzene rings is 3. The van der Waals surface area contributed by atoms with E-state index in [1.54, 1.807) is 30.1 Å². The van der Waals surface area contributed by atoms with Gasteiger partial charge in [-0.1, -0.05) is 42.5 Å². The van der Waals surface area contributed by atoms with Gasteiger partial charge in [-0.15, -0.1) is 0 Å². The first-order chi connectivity index (χ1) is 15.9. The van der Waals surface area contributed by atoms with E-state index in [0.717, 1.165) is 29.4 Å². The van der Waals surface area contributed by atoms with Crippen LogP contribution < -0.4 is 9.62 Å². The molecule has 0 unspecified atom stereocenters. The minimum atomic E-state index is -3.67. The van der Waals surface area contributed by atoms with Crippen LogP contribution in [0.3, 0.4) is 0 Å². The summed E-state index contributed by atoms with van der Waals surface area (Å²) in [6.07, 6.45) is 3.89. The Balaban J connectivity index is 1.28. The average molecular weight is 466 g/mol. The molecule has 1 heterocycles. The molecule has 1 amide bonds. The van der Waals surface area contributed by atoms with Crippen molar-refractivity contribution in [1.29, 1.82) is 0 Å². The van der Waals surface area contributed by atoms with Crippen molar-refractivity contribution in [3.8, 4) is 0 Å². The normalized spacial score (nSPS) is 14.4. The van der Waals surface area contributed by atoms with E-state index in [1.165, 1.54) is 24.9 Å². The van der Waals surface area contributed by atoms with Gasteiger partial charge in [-0.25, -0.2) is 13.1 Å². The highest BCUT2D eigenvalue weighted by molar-refractivity contribution is 7.89. The number of anilines is 1. The molecule has 0 aromatic heterocycles. The molecular weight excluding hydrogens is 434 g/mol. The lowest BCUT2D eigenvalue weighted by Gasteiger charge is -2.29. The lowest BCUT2D eigenvalue weighted by Crippen LogP contribution is -2.32. The Bertz CT molecular complexity index is 1200. The lowest BCUT2D eigenvalue weighted by molar-refractivity contribution is -0.130. The fraction of sp³-hybridized carbons (Fsp3) is 0.346. The van der Waals surface area contributed by atoms with Crippen LogP contribution in [0.1, 0.15) is 31.2 Å². The van der Waals surface area contributed by atoms with Gasteiger partial charge in [0.25, 0.3) is 0 Å². The van der Waals surface area contributed by atoms with E-state index in [2.05, 4.69) is 33.9 Å². The summed E-state index contributed by atoms with van der Waals surface area (Å²) in [7, 11) is -1.92. The van der Waals surface area contributed by atoms with Gasteiger partial charge in [0.1, 0.15) is 0 Å². The van der Waals surface area contributed by atoms with E-state index >= 15 is 0 Å². The largest absolute Gasteiger partial charge is 0.372 e. The highest BCUT2D eigenvalue weighted by Gasteiger charge is 2.16. The van der Waals surface area contributed by atoms with Gasteiger partial charge in [0.2, 0.25) is 15.9 Å². The highest BCUT2D eigenvalue weighted by Crippen LogP contribution is 2.21. The second-order valence-electron chi connectivity index (χ2n) is 8.62. The van der Waals surface area contributed by atoms with E-state index in [1.807, 2.05) is 24.3 Å². The summed E-state index contributed by atoms with van der Waals surface area (Å²) in [5.74, 6) is -0.101. The maximum Gasteiger partial charge on any atom is 0.240 e. The van der Waals surface area contributed by atoms with Gasteiger partial charge >= 0.3 is 0 Å². The third-order valence-electron chi connectivity index (χ3n) is 6.17. The number of fused-ring (bicyclic) bond motifs is 1. The minimum absolute atomic E-state index is 0.0617. The van der Waals surface area contributed by atoms with Crippen molar-refractivity contribution in [3.63, 3.8) is 0 Å². The number of amides is 1. The van der Waals surface area contributed by atoms with Crippen LogP contribution in [0.2, 0.25) is 0 Å². The van der Waals surface area contributed by atoms with Crippen molar-refractivity contribution in [3.05, 3.63) is 72.3 Å². The van der Waals surface area contributed by atoms with Crippen LogP contribution >= 0.6 is 0 Å². The third kappa shape index (κ3) is 5.92. The number of piperidine rings is 1. The van der Waals surface area contributed by atoms with Crippen LogP contribution in [-0.4, -0.2) is 45.9 Å². The first kappa shape index (κ1) is 23.3. The smallest absolute Gasteiger partial charge is 0.240 e. The molecule has 0 bridgehead atoms. The van der Waals surface area contributed by atoms with Gasteiger partial charge in [0.15, 0.2) is 0 Å². The number of carbonyl (C=O) groups excluding carboxylic acids is 1. The Kier molecular flexibility index (Phi) is 7.30. The zero-order valence-corrected chi connectivity index (χ0v) is 19.9. The summed E-state index contributed by atoms with van der Waals surface area (Å²) in [5.41, 5.74) is 2.29. The first-order valence-electron chi connectivity index (χ1n) is 11.5. The molecule has 1 aliphatic heterocycles. The molecule has 1 fully saturated rings. The Labute approximate surface area is 196 Å². The van der Waals surface area contributed by atoms with Gasteiger partial charge in [0.05, 0.1) is 4.90 Å². The molecule has 1 N–H and O–H groups in total. The topological polar surface area (TPSA) is 69.7 Å². The van der Waals surface area contributed by atoms with Gasteiger partial charge in [-0.3, -0.25) is 4.79 Å². The van der Waals surface area contributed by atoms with Crippen LogP contribution in [0.25, 0.3) is 10.8 Å². The third-order valence-corrected chi connectivity index (χ3v) is 7.62. The number of nitrogens with one attached hydrogen (secondary N) is 1. The van der Waals surface area contributed by atoms with Gasteiger partial charge in [0, 0.05) is 45.3 Å². The molecule has 3 aromatic carbocycles. The van der Waals surface area contributed by atoms with Crippen LogP contribution in [-0.2, 0) is 21.4 Å². The maximum atomic E-state index is 12.6. The Hall–Kier alpha value is -2.90. The van der Waals surface area contributed by atoms with Gasteiger partial charge in [-0.05, 0) is 59.9 Å². The van der Waals surface area contributed by atoms with Crippen LogP contribution in [0.4, 0.5) is 5.69 Å². The van der Waals surface area contributed by atoms with Crippen molar-refractivity contribution < 1.29 is 13.2 Å². The van der Waals surface area contributed by atoms with Crippen LogP contribution in [0, 0.1) is 0 Å². The molecular formula is C26H31N3O3S. The average Bonchev–Trinajstić information content (AvgIpc) is 2.84. The van der Waals surface area contributed by atoms with Crippen LogP contribution in [0.5, 0.6) is 0 Å². The molecule has 33 heavy (non-hydrogen) atoms. The highest BCUT2D eigenvalue weighted by atomic mass is 32.2. The predicted octanol–water partition coefficient (Wildman–Crippen LogP) is 4.16. The maximum absolute atomic E-state index is 12.6. The lowest BCUT2D eigenvalue weighted by atomic mass is 10.1. The van der Waals surface area contributed by atoms with E-state index < -0.39 is 10.0 Å². The standard InChI is InChI=1S/C26H31N3O3S/c1-28(20-21-9-12-24(13-10-21)29-17-5-2-6-18-29)26(30)15-16-27-33(31,32)25-14-11-22-7-3-4-8-23(22)19-25/h3-4,7-14,19,27H,2,5-6,15-18,20H2,1H3. The molecule has 0 aliphatic carbocycles. The molecule has 7 heteroatoms. The SMILES string of the molecule is CN(Cc1ccc(N2CCCCC2)cc1)C(=O)CCNS(=O)(=O)c1ccc2ccccc2c1. The van der Waals surface area contributed by atoms with E-state index in [4.69, 9.17) is 0 Å². The van der Waals surface area contributed by atoms with Gasteiger partial charge < -0.3 is 9.80 Å². The molecule has 6 nitrogen and oxygen atoms in total. The minimum Gasteiger partial charge on any atom is -0.372 e. The molecule has 0 radical (unpaired) electrons. The fourth-order valence-corrected chi connectivity index (χ4v) is 5.29. The molecule has 1 aliphatic rings. The summed E-state index contributed by atoms with van der Waals surface area (Å²) in [5, 5.41) is 1.85. The summed E-state index contributed by atoms with van der Waals surface area (Å²) >= 11 is 0. The van der Waals surface area contributed by atoms with Gasteiger partial charge in [-0.2, -0.15) is 0 Å². The van der Waals surface area contributed by atoms with E-state index in [0.29, 0.717) is 6.54 Å². The summed E-state index contributed by atoms with van der Waals surface area (Å²) in [6, 6.07) is 21.0. The van der Waals surface area contributed by atoms with E-state index in [9.17, 15) is 13.2 Å². The van der Waals surface area contributed by atoms with Crippen molar-refractivity contribution in [1.82, 2.24) is 9.62 Å². The summed E-state index contributed by atoms with van der Waals surface area (Å²) in [4.78, 5) is 16.8. The molecule has 0 atom stereocenters. The number of nitrogens with zero attached hydrogens (tertiary/aromatic N) is 2. The number of rotatable bonds is 8. The summed E-state index contributed by atoms with van der Waals surface area (Å²) in [6.45, 7) is 2.77. The van der Waals surface area contributed by atoms with Crippen molar-refractivity contribution in [2.45, 2.75) is 37.1 Å². The monoisotopic (exact) mass is 465 g/mol. The number of carbonyl (C=O) groups is 1. The second-order valence-corrected chi connectivity index (χ2v) is 10.4. The Morgan fingerprint density at radius 3 is 2.36 bits per heavy atom. The Morgan fingerprint density at radius 2 is 1.64 bits per heavy atom. The second kappa shape index (κ2) is 10.4. The quantitative estimate of drug-likeness (QED) is 0.542. The van der Waals surface area contributed by atoms with Crippen molar-refractivity contribution in [2.24, 2.45) is 0 Å². The Morgan fingerprint density at radius 1 is 0.939 bits per heavy atom.